The van der Waals surface area contributed by atoms with Crippen molar-refractivity contribution >= 4 is 38.6 Å². The summed E-state index contributed by atoms with van der Waals surface area (Å²) < 4.78 is 17.5. The molecule has 3 aromatic rings. The van der Waals surface area contributed by atoms with Crippen LogP contribution < -0.4 is 14.8 Å². The lowest BCUT2D eigenvalue weighted by Crippen LogP contribution is -2.15. The van der Waals surface area contributed by atoms with Gasteiger partial charge in [0.25, 0.3) is 0 Å². The number of carbonyl (C=O) groups excluding carboxylic acids is 1. The van der Waals surface area contributed by atoms with Gasteiger partial charge in [0.1, 0.15) is 5.52 Å². The van der Waals surface area contributed by atoms with Crippen molar-refractivity contribution in [2.45, 2.75) is 27.2 Å². The molecule has 0 aliphatic carbocycles. The molecule has 7 heteroatoms. The molecule has 3 rings (SSSR count). The minimum Gasteiger partial charge on any atom is -0.490 e. The lowest BCUT2D eigenvalue weighted by molar-refractivity contribution is -0.115. The molecular weight excluding hydrogens is 412 g/mol. The third-order valence-electron chi connectivity index (χ3n) is 3.84. The molecule has 27 heavy (non-hydrogen) atoms. The lowest BCUT2D eigenvalue weighted by atomic mass is 10.1. The summed E-state index contributed by atoms with van der Waals surface area (Å²) in [5.74, 6) is 1.74. The number of halogens is 1. The maximum absolute atomic E-state index is 12.5. The number of carbonyl (C=O) groups is 1. The third kappa shape index (κ3) is 4.60. The molecule has 1 N–H and O–H groups in total. The number of benzene rings is 2. The van der Waals surface area contributed by atoms with Crippen LogP contribution in [0.15, 0.2) is 39.2 Å². The van der Waals surface area contributed by atoms with E-state index in [0.29, 0.717) is 47.4 Å². The molecule has 0 radical (unpaired) electrons. The van der Waals surface area contributed by atoms with Crippen LogP contribution in [-0.4, -0.2) is 24.1 Å². The molecule has 1 heterocycles. The number of anilines is 1. The Kier molecular flexibility index (Phi) is 6.01. The second kappa shape index (κ2) is 8.43. The minimum atomic E-state index is -0.137. The summed E-state index contributed by atoms with van der Waals surface area (Å²) in [7, 11) is 0. The molecule has 0 saturated carbocycles. The van der Waals surface area contributed by atoms with Crippen molar-refractivity contribution in [1.82, 2.24) is 4.98 Å². The number of oxazole rings is 1. The zero-order valence-corrected chi connectivity index (χ0v) is 17.1. The standard InChI is InChI=1S/C20H21BrN2O4/c1-4-25-18-8-13(15(21)11-19(18)26-5-2)9-20(24)23-14-6-7-17-16(10-14)22-12(3)27-17/h6-8,10-11H,4-5,9H2,1-3H3,(H,23,24). The van der Waals surface area contributed by atoms with Gasteiger partial charge in [-0.1, -0.05) is 15.9 Å². The Hall–Kier alpha value is -2.54. The van der Waals surface area contributed by atoms with Crippen molar-refractivity contribution in [2.24, 2.45) is 0 Å². The van der Waals surface area contributed by atoms with E-state index in [4.69, 9.17) is 13.9 Å². The van der Waals surface area contributed by atoms with Gasteiger partial charge in [-0.25, -0.2) is 4.98 Å². The Labute approximate surface area is 166 Å². The summed E-state index contributed by atoms with van der Waals surface area (Å²) in [6, 6.07) is 9.06. The number of hydrogen-bond donors (Lipinski definition) is 1. The number of aryl methyl sites for hydroxylation is 1. The number of nitrogens with one attached hydrogen (secondary N) is 1. The van der Waals surface area contributed by atoms with Crippen LogP contribution in [0.4, 0.5) is 5.69 Å². The fraction of sp³-hybridized carbons (Fsp3) is 0.300. The molecule has 0 spiro atoms. The minimum absolute atomic E-state index is 0.137. The van der Waals surface area contributed by atoms with Gasteiger partial charge in [0.15, 0.2) is 23.0 Å². The van der Waals surface area contributed by atoms with Gasteiger partial charge in [0.05, 0.1) is 19.6 Å². The van der Waals surface area contributed by atoms with Crippen LogP contribution in [0.5, 0.6) is 11.5 Å². The number of rotatable bonds is 7. The quantitative estimate of drug-likeness (QED) is 0.575. The zero-order chi connectivity index (χ0) is 19.4. The van der Waals surface area contributed by atoms with Crippen molar-refractivity contribution in [1.29, 1.82) is 0 Å². The molecular formula is C20H21BrN2O4. The summed E-state index contributed by atoms with van der Waals surface area (Å²) >= 11 is 3.51. The highest BCUT2D eigenvalue weighted by Crippen LogP contribution is 2.34. The number of hydrogen-bond acceptors (Lipinski definition) is 5. The first kappa shape index (κ1) is 19.2. The first-order valence-corrected chi connectivity index (χ1v) is 9.54. The van der Waals surface area contributed by atoms with Gasteiger partial charge in [0, 0.05) is 17.1 Å². The van der Waals surface area contributed by atoms with Gasteiger partial charge < -0.3 is 19.2 Å². The van der Waals surface area contributed by atoms with E-state index >= 15 is 0 Å². The molecule has 0 saturated heterocycles. The largest absolute Gasteiger partial charge is 0.490 e. The monoisotopic (exact) mass is 432 g/mol. The highest BCUT2D eigenvalue weighted by Gasteiger charge is 2.14. The van der Waals surface area contributed by atoms with E-state index < -0.39 is 0 Å². The van der Waals surface area contributed by atoms with Crippen LogP contribution in [0.1, 0.15) is 25.3 Å². The molecule has 0 atom stereocenters. The maximum atomic E-state index is 12.5. The maximum Gasteiger partial charge on any atom is 0.228 e. The number of amides is 1. The van der Waals surface area contributed by atoms with Crippen molar-refractivity contribution in [3.05, 3.63) is 46.3 Å². The van der Waals surface area contributed by atoms with Crippen molar-refractivity contribution < 1.29 is 18.7 Å². The smallest absolute Gasteiger partial charge is 0.228 e. The topological polar surface area (TPSA) is 73.6 Å². The van der Waals surface area contributed by atoms with Gasteiger partial charge in [-0.05, 0) is 49.7 Å². The Balaban J connectivity index is 1.76. The number of nitrogens with zero attached hydrogens (tertiary/aromatic N) is 1. The van der Waals surface area contributed by atoms with E-state index in [9.17, 15) is 4.79 Å². The van der Waals surface area contributed by atoms with Crippen LogP contribution in [0, 0.1) is 6.92 Å². The van der Waals surface area contributed by atoms with E-state index in [0.717, 1.165) is 10.0 Å². The molecule has 1 aromatic heterocycles. The molecule has 0 unspecified atom stereocenters. The fourth-order valence-electron chi connectivity index (χ4n) is 2.75. The Bertz CT molecular complexity index is 968. The highest BCUT2D eigenvalue weighted by molar-refractivity contribution is 9.10. The van der Waals surface area contributed by atoms with Gasteiger partial charge in [0.2, 0.25) is 5.91 Å². The van der Waals surface area contributed by atoms with Crippen LogP contribution >= 0.6 is 15.9 Å². The summed E-state index contributed by atoms with van der Waals surface area (Å²) in [5.41, 5.74) is 2.90. The Morgan fingerprint density at radius 2 is 1.85 bits per heavy atom. The van der Waals surface area contributed by atoms with Crippen molar-refractivity contribution in [3.63, 3.8) is 0 Å². The van der Waals surface area contributed by atoms with Crippen LogP contribution in [0.3, 0.4) is 0 Å². The van der Waals surface area contributed by atoms with Gasteiger partial charge in [-0.15, -0.1) is 0 Å². The molecule has 0 aliphatic rings. The highest BCUT2D eigenvalue weighted by atomic mass is 79.9. The first-order valence-electron chi connectivity index (χ1n) is 8.75. The third-order valence-corrected chi connectivity index (χ3v) is 4.58. The van der Waals surface area contributed by atoms with E-state index in [1.54, 1.807) is 25.1 Å². The molecule has 6 nitrogen and oxygen atoms in total. The predicted octanol–water partition coefficient (Wildman–Crippen LogP) is 4.88. The van der Waals surface area contributed by atoms with E-state index in [1.807, 2.05) is 26.0 Å². The second-order valence-electron chi connectivity index (χ2n) is 5.90. The van der Waals surface area contributed by atoms with E-state index in [2.05, 4.69) is 26.2 Å². The van der Waals surface area contributed by atoms with Crippen molar-refractivity contribution in [3.8, 4) is 11.5 Å². The number of ether oxygens (including phenoxy) is 2. The molecule has 2 aromatic carbocycles. The summed E-state index contributed by atoms with van der Waals surface area (Å²) in [5, 5.41) is 2.90. The summed E-state index contributed by atoms with van der Waals surface area (Å²) in [4.78, 5) is 16.8. The molecule has 0 bridgehead atoms. The lowest BCUT2D eigenvalue weighted by Gasteiger charge is -2.14. The van der Waals surface area contributed by atoms with Crippen LogP contribution in [0.25, 0.3) is 11.1 Å². The van der Waals surface area contributed by atoms with E-state index in [-0.39, 0.29) is 12.3 Å². The zero-order valence-electron chi connectivity index (χ0n) is 15.5. The van der Waals surface area contributed by atoms with Crippen molar-refractivity contribution in [2.75, 3.05) is 18.5 Å². The number of fused-ring (bicyclic) bond motifs is 1. The average Bonchev–Trinajstić information content (AvgIpc) is 2.98. The normalized spacial score (nSPS) is 10.8. The first-order chi connectivity index (χ1) is 13.0. The Morgan fingerprint density at radius 3 is 2.56 bits per heavy atom. The second-order valence-corrected chi connectivity index (χ2v) is 6.75. The Morgan fingerprint density at radius 1 is 1.15 bits per heavy atom. The fourth-order valence-corrected chi connectivity index (χ4v) is 3.21. The summed E-state index contributed by atoms with van der Waals surface area (Å²) in [6.45, 7) is 6.67. The molecule has 0 aliphatic heterocycles. The summed E-state index contributed by atoms with van der Waals surface area (Å²) in [6.07, 6.45) is 0.197. The molecule has 0 fully saturated rings. The van der Waals surface area contributed by atoms with Gasteiger partial charge in [-0.2, -0.15) is 0 Å². The van der Waals surface area contributed by atoms with Gasteiger partial charge in [-0.3, -0.25) is 4.79 Å². The average molecular weight is 433 g/mol. The predicted molar refractivity (Wildman–Crippen MR) is 108 cm³/mol. The molecule has 1 amide bonds. The van der Waals surface area contributed by atoms with Crippen LogP contribution in [0.2, 0.25) is 0 Å². The molecule has 142 valence electrons. The van der Waals surface area contributed by atoms with Crippen LogP contribution in [-0.2, 0) is 11.2 Å². The van der Waals surface area contributed by atoms with Gasteiger partial charge >= 0.3 is 0 Å². The SMILES string of the molecule is CCOc1cc(Br)c(CC(=O)Nc2ccc3oc(C)nc3c2)cc1OCC. The van der Waals surface area contributed by atoms with E-state index in [1.165, 1.54) is 0 Å². The number of aromatic nitrogens is 1.